The molecule has 2 aliphatic heterocycles. The molecule has 3 aromatic rings. The van der Waals surface area contributed by atoms with Crippen molar-refractivity contribution in [1.82, 2.24) is 20.1 Å². The molecule has 0 unspecified atom stereocenters. The Kier molecular flexibility index (Phi) is 9.38. The third-order valence-corrected chi connectivity index (χ3v) is 10.6. The number of hydrogen-bond donors (Lipinski definition) is 3. The first-order valence-corrected chi connectivity index (χ1v) is 17.1. The van der Waals surface area contributed by atoms with Gasteiger partial charge in [-0.05, 0) is 79.6 Å². The van der Waals surface area contributed by atoms with Crippen LogP contribution in [-0.2, 0) is 50.5 Å². The first kappa shape index (κ1) is 33.3. The number of pyridine rings is 1. The van der Waals surface area contributed by atoms with Crippen molar-refractivity contribution in [2.45, 2.75) is 71.4 Å². The summed E-state index contributed by atoms with van der Waals surface area (Å²) < 4.78 is 0. The fourth-order valence-electron chi connectivity index (χ4n) is 7.77. The van der Waals surface area contributed by atoms with Gasteiger partial charge in [0.25, 0.3) is 0 Å². The molecule has 10 heteroatoms. The lowest BCUT2D eigenvalue weighted by Gasteiger charge is -2.43. The highest BCUT2D eigenvalue weighted by atomic mass is 16.2. The maximum atomic E-state index is 14.5. The van der Waals surface area contributed by atoms with Gasteiger partial charge in [0.1, 0.15) is 12.4 Å². The standard InChI is InChI=1S/C38H46N6O4/c1-5-37(14-17-43(18-15-37)34(46)25(2)3)36(48)44(23-28-10-7-6-9-27(28)22-39-4)24-32(45)41-30-13-12-26-20-38(21-29(26)19-30)31-11-8-16-40-33(31)42-35(38)47/h6-13,16,19,25,39H,5,14-15,17-18,20-24H2,1-4H3,(H,41,45)(H,40,42,47)/t38-/m1/s1. The summed E-state index contributed by atoms with van der Waals surface area (Å²) in [7, 11) is 1.89. The van der Waals surface area contributed by atoms with E-state index >= 15 is 0 Å². The quantitative estimate of drug-likeness (QED) is 0.298. The molecule has 1 aliphatic carbocycles. The zero-order valence-electron chi connectivity index (χ0n) is 28.4. The van der Waals surface area contributed by atoms with Gasteiger partial charge in [0, 0.05) is 49.5 Å². The number of amides is 4. The summed E-state index contributed by atoms with van der Waals surface area (Å²) >= 11 is 0. The van der Waals surface area contributed by atoms with Crippen LogP contribution in [0.4, 0.5) is 11.5 Å². The smallest absolute Gasteiger partial charge is 0.244 e. The predicted molar refractivity (Wildman–Crippen MR) is 185 cm³/mol. The minimum absolute atomic E-state index is 0.0463. The molecule has 2 aromatic carbocycles. The van der Waals surface area contributed by atoms with Gasteiger partial charge < -0.3 is 25.8 Å². The van der Waals surface area contributed by atoms with E-state index in [4.69, 9.17) is 0 Å². The summed E-state index contributed by atoms with van der Waals surface area (Å²) in [6, 6.07) is 17.6. The molecule has 4 amide bonds. The average molecular weight is 651 g/mol. The summed E-state index contributed by atoms with van der Waals surface area (Å²) in [6.45, 7) is 7.73. The van der Waals surface area contributed by atoms with Crippen molar-refractivity contribution in [2.24, 2.45) is 11.3 Å². The van der Waals surface area contributed by atoms with Crippen molar-refractivity contribution in [3.8, 4) is 0 Å². The third-order valence-electron chi connectivity index (χ3n) is 10.6. The molecule has 1 spiro atoms. The van der Waals surface area contributed by atoms with E-state index in [0.717, 1.165) is 27.8 Å². The van der Waals surface area contributed by atoms with Gasteiger partial charge in [-0.15, -0.1) is 0 Å². The number of piperidine rings is 1. The second-order valence-corrected chi connectivity index (χ2v) is 13.9. The number of benzene rings is 2. The van der Waals surface area contributed by atoms with Crippen LogP contribution in [0.3, 0.4) is 0 Å². The Balaban J connectivity index is 1.21. The zero-order valence-corrected chi connectivity index (χ0v) is 28.4. The van der Waals surface area contributed by atoms with E-state index in [1.807, 2.05) is 87.3 Å². The van der Waals surface area contributed by atoms with Gasteiger partial charge in [-0.1, -0.05) is 57.2 Å². The number of anilines is 2. The molecule has 1 aromatic heterocycles. The number of nitrogens with zero attached hydrogens (tertiary/aromatic N) is 3. The van der Waals surface area contributed by atoms with Gasteiger partial charge in [-0.3, -0.25) is 19.2 Å². The molecule has 0 radical (unpaired) electrons. The number of carbonyl (C=O) groups is 4. The molecular formula is C38H46N6O4. The van der Waals surface area contributed by atoms with Crippen LogP contribution in [0.2, 0.25) is 0 Å². The first-order valence-electron chi connectivity index (χ1n) is 17.1. The molecule has 1 atom stereocenters. The van der Waals surface area contributed by atoms with Gasteiger partial charge in [0.2, 0.25) is 23.6 Å². The monoisotopic (exact) mass is 650 g/mol. The van der Waals surface area contributed by atoms with Crippen LogP contribution in [0.5, 0.6) is 0 Å². The summed E-state index contributed by atoms with van der Waals surface area (Å²) in [5.74, 6) is 0.257. The summed E-state index contributed by atoms with van der Waals surface area (Å²) in [5, 5.41) is 9.20. The lowest BCUT2D eigenvalue weighted by molar-refractivity contribution is -0.151. The molecule has 6 rings (SSSR count). The number of carbonyl (C=O) groups excluding carboxylic acids is 4. The molecule has 10 nitrogen and oxygen atoms in total. The normalized spacial score (nSPS) is 19.2. The van der Waals surface area contributed by atoms with Crippen molar-refractivity contribution < 1.29 is 19.2 Å². The molecule has 3 heterocycles. The fraction of sp³-hybridized carbons (Fsp3) is 0.447. The Morgan fingerprint density at radius 3 is 2.44 bits per heavy atom. The third kappa shape index (κ3) is 6.21. The maximum absolute atomic E-state index is 14.5. The van der Waals surface area contributed by atoms with Crippen LogP contribution in [0.25, 0.3) is 0 Å². The largest absolute Gasteiger partial charge is 0.342 e. The minimum atomic E-state index is -0.692. The fourth-order valence-corrected chi connectivity index (χ4v) is 7.77. The Morgan fingerprint density at radius 2 is 1.73 bits per heavy atom. The molecule has 1 saturated heterocycles. The number of nitrogens with one attached hydrogen (secondary N) is 3. The second kappa shape index (κ2) is 13.5. The Hall–Kier alpha value is -4.57. The number of rotatable bonds is 10. The van der Waals surface area contributed by atoms with Crippen LogP contribution in [0, 0.1) is 11.3 Å². The van der Waals surface area contributed by atoms with Crippen molar-refractivity contribution in [3.05, 3.63) is 88.6 Å². The Labute approximate surface area is 282 Å². The zero-order chi connectivity index (χ0) is 34.1. The molecule has 0 saturated carbocycles. The van der Waals surface area contributed by atoms with Gasteiger partial charge in [-0.2, -0.15) is 0 Å². The average Bonchev–Trinajstić information content (AvgIpc) is 3.60. The van der Waals surface area contributed by atoms with Crippen LogP contribution in [-0.4, -0.2) is 65.1 Å². The molecule has 252 valence electrons. The minimum Gasteiger partial charge on any atom is -0.342 e. The summed E-state index contributed by atoms with van der Waals surface area (Å²) in [4.78, 5) is 62.1. The van der Waals surface area contributed by atoms with E-state index in [2.05, 4.69) is 20.9 Å². The second-order valence-electron chi connectivity index (χ2n) is 13.9. The summed E-state index contributed by atoms with van der Waals surface area (Å²) in [5.41, 5.74) is 4.35. The lowest BCUT2D eigenvalue weighted by Crippen LogP contribution is -2.52. The van der Waals surface area contributed by atoms with Crippen molar-refractivity contribution in [1.29, 1.82) is 0 Å². The van der Waals surface area contributed by atoms with Gasteiger partial charge in [0.05, 0.1) is 10.8 Å². The van der Waals surface area contributed by atoms with Crippen molar-refractivity contribution >= 4 is 35.1 Å². The SMILES string of the molecule is CCC1(C(=O)N(CC(=O)Nc2ccc3c(c2)C[C@@]2(C3)C(=O)Nc3ncccc32)Cc2ccccc2CNC)CCN(C(=O)C(C)C)CC1. The molecule has 0 bridgehead atoms. The van der Waals surface area contributed by atoms with Gasteiger partial charge in [0.15, 0.2) is 0 Å². The molecule has 48 heavy (non-hydrogen) atoms. The maximum Gasteiger partial charge on any atom is 0.244 e. The highest BCUT2D eigenvalue weighted by molar-refractivity contribution is 6.06. The molecule has 1 fully saturated rings. The molecule has 3 N–H and O–H groups in total. The van der Waals surface area contributed by atoms with Crippen LogP contribution in [0.1, 0.15) is 67.9 Å². The van der Waals surface area contributed by atoms with Crippen LogP contribution < -0.4 is 16.0 Å². The van der Waals surface area contributed by atoms with E-state index in [9.17, 15) is 19.2 Å². The number of likely N-dealkylation sites (tertiary alicyclic amines) is 1. The summed E-state index contributed by atoms with van der Waals surface area (Å²) in [6.07, 6.45) is 4.55. The highest BCUT2D eigenvalue weighted by Crippen LogP contribution is 2.47. The van der Waals surface area contributed by atoms with Crippen LogP contribution >= 0.6 is 0 Å². The van der Waals surface area contributed by atoms with E-state index in [0.29, 0.717) is 69.8 Å². The number of fused-ring (bicyclic) bond motifs is 3. The number of aromatic nitrogens is 1. The molecular weight excluding hydrogens is 604 g/mol. The first-order chi connectivity index (χ1) is 23.1. The predicted octanol–water partition coefficient (Wildman–Crippen LogP) is 4.43. The lowest BCUT2D eigenvalue weighted by atomic mass is 9.74. The van der Waals surface area contributed by atoms with Gasteiger partial charge in [-0.25, -0.2) is 4.98 Å². The Morgan fingerprint density at radius 1 is 1.00 bits per heavy atom. The Bertz CT molecular complexity index is 1730. The van der Waals surface area contributed by atoms with E-state index in [1.54, 1.807) is 11.1 Å². The highest BCUT2D eigenvalue weighted by Gasteiger charge is 2.51. The van der Waals surface area contributed by atoms with E-state index in [1.165, 1.54) is 0 Å². The topological polar surface area (TPSA) is 124 Å². The van der Waals surface area contributed by atoms with Crippen molar-refractivity contribution in [3.63, 3.8) is 0 Å². The van der Waals surface area contributed by atoms with E-state index in [-0.39, 0.29) is 36.1 Å². The molecule has 3 aliphatic rings. The van der Waals surface area contributed by atoms with Gasteiger partial charge >= 0.3 is 0 Å². The van der Waals surface area contributed by atoms with Crippen molar-refractivity contribution in [2.75, 3.05) is 37.3 Å². The van der Waals surface area contributed by atoms with Crippen LogP contribution in [0.15, 0.2) is 60.8 Å². The number of hydrogen-bond acceptors (Lipinski definition) is 6. The van der Waals surface area contributed by atoms with E-state index < -0.39 is 10.8 Å².